The lowest BCUT2D eigenvalue weighted by Gasteiger charge is -2.36. The molecule has 5 rings (SSSR count). The first-order valence-electron chi connectivity index (χ1n) is 13.0. The molecule has 0 amide bonds. The summed E-state index contributed by atoms with van der Waals surface area (Å²) in [6.45, 7) is 1.43. The number of fused-ring (bicyclic) bond motifs is 2. The van der Waals surface area contributed by atoms with E-state index in [4.69, 9.17) is 36.1 Å². The number of benzene rings is 3. The number of ether oxygens (including phenoxy) is 1. The molecule has 2 N–H and O–H groups in total. The van der Waals surface area contributed by atoms with Crippen molar-refractivity contribution in [1.82, 2.24) is 4.90 Å². The monoisotopic (exact) mass is 569 g/mol. The van der Waals surface area contributed by atoms with Crippen LogP contribution in [0.25, 0.3) is 0 Å². The number of hydrogen-bond acceptors (Lipinski definition) is 4. The third-order valence-electron chi connectivity index (χ3n) is 7.21. The van der Waals surface area contributed by atoms with Gasteiger partial charge in [0.05, 0.1) is 6.61 Å². The van der Waals surface area contributed by atoms with Crippen LogP contribution in [-0.2, 0) is 20.9 Å². The van der Waals surface area contributed by atoms with Gasteiger partial charge in [-0.3, -0.25) is 4.90 Å². The zero-order valence-electron chi connectivity index (χ0n) is 21.7. The third kappa shape index (κ3) is 7.97. The number of halogens is 3. The number of carbonyl (C=O) groups is 2. The standard InChI is InChI=1S/C29H28ClF2NO.C2H2O4/c30-24-7-1-20(2-8-24)19-33-27-13-14-28(33)18-21(17-27)15-16-34-29(22-3-9-25(31)10-4-22)23-5-11-26(32)12-6-23;3-1(4)2(5)6/h1-12,15,27-29H,13-14,16-19H2;(H,3,4)(H,5,6). The van der Waals surface area contributed by atoms with Crippen molar-refractivity contribution in [3.63, 3.8) is 0 Å². The molecule has 0 saturated carbocycles. The lowest BCUT2D eigenvalue weighted by atomic mass is 9.95. The molecule has 210 valence electrons. The molecule has 2 bridgehead atoms. The SMILES string of the molecule is Fc1ccc(C(OCC=C2CC3CCC(C2)N3Cc2ccc(Cl)cc2)c2ccc(F)cc2)cc1.O=C(O)C(=O)O. The average molecular weight is 570 g/mol. The maximum atomic E-state index is 13.5. The van der Waals surface area contributed by atoms with E-state index < -0.39 is 11.9 Å². The summed E-state index contributed by atoms with van der Waals surface area (Å²) in [7, 11) is 0. The molecule has 2 aliphatic heterocycles. The molecule has 2 aliphatic rings. The summed E-state index contributed by atoms with van der Waals surface area (Å²) in [4.78, 5) is 20.8. The number of nitrogens with zero attached hydrogens (tertiary/aromatic N) is 1. The molecule has 0 spiro atoms. The number of hydrogen-bond donors (Lipinski definition) is 2. The van der Waals surface area contributed by atoms with Gasteiger partial charge in [-0.05, 0) is 78.8 Å². The second-order valence-electron chi connectivity index (χ2n) is 9.88. The molecule has 2 heterocycles. The van der Waals surface area contributed by atoms with Gasteiger partial charge in [-0.25, -0.2) is 18.4 Å². The van der Waals surface area contributed by atoms with Crippen LogP contribution in [0.3, 0.4) is 0 Å². The van der Waals surface area contributed by atoms with Crippen LogP contribution >= 0.6 is 11.6 Å². The zero-order chi connectivity index (χ0) is 28.6. The molecular weight excluding hydrogens is 540 g/mol. The summed E-state index contributed by atoms with van der Waals surface area (Å²) >= 11 is 6.04. The Morgan fingerprint density at radius 1 is 0.850 bits per heavy atom. The predicted octanol–water partition coefficient (Wildman–Crippen LogP) is 6.63. The van der Waals surface area contributed by atoms with Crippen molar-refractivity contribution in [1.29, 1.82) is 0 Å². The van der Waals surface area contributed by atoms with Crippen molar-refractivity contribution < 1.29 is 33.3 Å². The number of carboxylic acids is 2. The fourth-order valence-corrected chi connectivity index (χ4v) is 5.42. The quantitative estimate of drug-likeness (QED) is 0.245. The lowest BCUT2D eigenvalue weighted by Crippen LogP contribution is -2.39. The molecule has 3 aromatic rings. The highest BCUT2D eigenvalue weighted by atomic mass is 35.5. The van der Waals surface area contributed by atoms with Crippen molar-refractivity contribution in [3.8, 4) is 0 Å². The molecule has 9 heteroatoms. The number of aliphatic carboxylic acids is 2. The Morgan fingerprint density at radius 2 is 1.32 bits per heavy atom. The second kappa shape index (κ2) is 13.7. The molecule has 2 atom stereocenters. The maximum absolute atomic E-state index is 13.5. The van der Waals surface area contributed by atoms with E-state index in [1.54, 1.807) is 24.3 Å². The lowest BCUT2D eigenvalue weighted by molar-refractivity contribution is -0.159. The minimum Gasteiger partial charge on any atom is -0.473 e. The normalized spacial score (nSPS) is 18.2. The first kappa shape index (κ1) is 29.4. The summed E-state index contributed by atoms with van der Waals surface area (Å²) in [5, 5.41) is 15.6. The molecule has 2 saturated heterocycles. The molecule has 0 radical (unpaired) electrons. The summed E-state index contributed by atoms with van der Waals surface area (Å²) in [5.74, 6) is -4.22. The summed E-state index contributed by atoms with van der Waals surface area (Å²) in [6.07, 6.45) is 6.41. The highest BCUT2D eigenvalue weighted by molar-refractivity contribution is 6.30. The van der Waals surface area contributed by atoms with Gasteiger partial charge < -0.3 is 14.9 Å². The van der Waals surface area contributed by atoms with Crippen LogP contribution in [0.4, 0.5) is 8.78 Å². The molecule has 2 fully saturated rings. The second-order valence-corrected chi connectivity index (χ2v) is 10.3. The van der Waals surface area contributed by atoms with Gasteiger partial charge in [0.25, 0.3) is 0 Å². The molecule has 6 nitrogen and oxygen atoms in total. The van der Waals surface area contributed by atoms with Crippen molar-refractivity contribution >= 4 is 23.5 Å². The Morgan fingerprint density at radius 3 is 1.77 bits per heavy atom. The van der Waals surface area contributed by atoms with Gasteiger partial charge in [0.2, 0.25) is 0 Å². The van der Waals surface area contributed by atoms with Gasteiger partial charge in [-0.2, -0.15) is 0 Å². The van der Waals surface area contributed by atoms with Gasteiger partial charge in [-0.1, -0.05) is 59.6 Å². The Hall–Kier alpha value is -3.59. The number of rotatable bonds is 7. The summed E-state index contributed by atoms with van der Waals surface area (Å²) in [5.41, 5.74) is 4.45. The number of piperidine rings is 1. The molecule has 3 aromatic carbocycles. The zero-order valence-corrected chi connectivity index (χ0v) is 22.4. The van der Waals surface area contributed by atoms with Crippen LogP contribution in [-0.4, -0.2) is 45.7 Å². The van der Waals surface area contributed by atoms with Crippen LogP contribution in [0.1, 0.15) is 48.5 Å². The van der Waals surface area contributed by atoms with Crippen molar-refractivity contribution in [2.75, 3.05) is 6.61 Å². The maximum Gasteiger partial charge on any atom is 0.414 e. The van der Waals surface area contributed by atoms with Gasteiger partial charge >= 0.3 is 11.9 Å². The van der Waals surface area contributed by atoms with E-state index in [1.807, 2.05) is 12.1 Å². The van der Waals surface area contributed by atoms with Crippen LogP contribution in [0.15, 0.2) is 84.4 Å². The van der Waals surface area contributed by atoms with Crippen molar-refractivity contribution in [3.05, 3.63) is 118 Å². The van der Waals surface area contributed by atoms with Crippen LogP contribution in [0, 0.1) is 11.6 Å². The van der Waals surface area contributed by atoms with E-state index in [-0.39, 0.29) is 17.7 Å². The topological polar surface area (TPSA) is 87.1 Å². The summed E-state index contributed by atoms with van der Waals surface area (Å²) in [6, 6.07) is 21.9. The van der Waals surface area contributed by atoms with Gasteiger partial charge in [0.1, 0.15) is 17.7 Å². The number of carboxylic acid groups (broad SMARTS) is 2. The Bertz CT molecular complexity index is 1260. The molecule has 40 heavy (non-hydrogen) atoms. The van der Waals surface area contributed by atoms with Gasteiger partial charge in [-0.15, -0.1) is 0 Å². The van der Waals surface area contributed by atoms with Crippen LogP contribution < -0.4 is 0 Å². The first-order chi connectivity index (χ1) is 19.2. The highest BCUT2D eigenvalue weighted by Gasteiger charge is 2.38. The van der Waals surface area contributed by atoms with Crippen LogP contribution in [0.2, 0.25) is 5.02 Å². The highest BCUT2D eigenvalue weighted by Crippen LogP contribution is 2.39. The molecule has 2 unspecified atom stereocenters. The Labute approximate surface area is 236 Å². The summed E-state index contributed by atoms with van der Waals surface area (Å²) < 4.78 is 33.2. The Kier molecular flexibility index (Phi) is 10.0. The predicted molar refractivity (Wildman–Crippen MR) is 147 cm³/mol. The first-order valence-corrected chi connectivity index (χ1v) is 13.3. The average Bonchev–Trinajstić information content (AvgIpc) is 3.16. The van der Waals surface area contributed by atoms with Gasteiger partial charge in [0.15, 0.2) is 0 Å². The Balaban J connectivity index is 0.000000557. The van der Waals surface area contributed by atoms with Crippen LogP contribution in [0.5, 0.6) is 0 Å². The fraction of sp³-hybridized carbons (Fsp3) is 0.290. The van der Waals surface area contributed by atoms with E-state index in [1.165, 1.54) is 48.2 Å². The third-order valence-corrected chi connectivity index (χ3v) is 7.46. The van der Waals surface area contributed by atoms with Gasteiger partial charge in [0, 0.05) is 23.7 Å². The van der Waals surface area contributed by atoms with E-state index >= 15 is 0 Å². The fourth-order valence-electron chi connectivity index (χ4n) is 5.29. The molecule has 0 aromatic heterocycles. The smallest absolute Gasteiger partial charge is 0.414 e. The van der Waals surface area contributed by atoms with Crippen molar-refractivity contribution in [2.45, 2.75) is 50.4 Å². The molecular formula is C31H30ClF2NO5. The largest absolute Gasteiger partial charge is 0.473 e. The van der Waals surface area contributed by atoms with E-state index in [0.717, 1.165) is 35.5 Å². The minimum atomic E-state index is -1.82. The minimum absolute atomic E-state index is 0.287. The van der Waals surface area contributed by atoms with Crippen molar-refractivity contribution in [2.24, 2.45) is 0 Å². The van der Waals surface area contributed by atoms with E-state index in [9.17, 15) is 8.78 Å². The van der Waals surface area contributed by atoms with E-state index in [0.29, 0.717) is 18.7 Å². The molecule has 0 aliphatic carbocycles. The van der Waals surface area contributed by atoms with E-state index in [2.05, 4.69) is 23.1 Å².